The van der Waals surface area contributed by atoms with Crippen molar-refractivity contribution in [1.29, 1.82) is 0 Å². The summed E-state index contributed by atoms with van der Waals surface area (Å²) in [6.07, 6.45) is 20.8. The lowest BCUT2D eigenvalue weighted by atomic mass is 9.65. The lowest BCUT2D eigenvalue weighted by molar-refractivity contribution is -0.0312. The van der Waals surface area contributed by atoms with Crippen molar-refractivity contribution in [2.75, 3.05) is 0 Å². The highest BCUT2D eigenvalue weighted by molar-refractivity contribution is 5.43. The molecule has 0 bridgehead atoms. The Morgan fingerprint density at radius 2 is 0.707 bits per heavy atom. The predicted molar refractivity (Wildman–Crippen MR) is 160 cm³/mol. The highest BCUT2D eigenvalue weighted by Crippen LogP contribution is 2.73. The van der Waals surface area contributed by atoms with E-state index in [4.69, 9.17) is 18.9 Å². The van der Waals surface area contributed by atoms with Crippen LogP contribution in [0.15, 0.2) is 93.9 Å². The molecule has 0 radical (unpaired) electrons. The van der Waals surface area contributed by atoms with E-state index in [0.717, 1.165) is 23.0 Å². The Morgan fingerprint density at radius 3 is 1.00 bits per heavy atom. The molecular weight excluding hydrogens is 508 g/mol. The molecule has 2 saturated heterocycles. The van der Waals surface area contributed by atoms with Gasteiger partial charge in [-0.05, 0) is 151 Å². The molecule has 0 aromatic heterocycles. The average molecular weight is 553 g/mol. The molecule has 2 heterocycles. The van der Waals surface area contributed by atoms with Crippen molar-refractivity contribution in [2.45, 2.75) is 92.6 Å². The second-order valence-electron chi connectivity index (χ2n) is 15.5. The summed E-state index contributed by atoms with van der Waals surface area (Å²) in [5.41, 5.74) is 5.50. The molecule has 0 amide bonds. The summed E-state index contributed by atoms with van der Waals surface area (Å²) in [6.45, 7) is 18.5. The van der Waals surface area contributed by atoms with Crippen molar-refractivity contribution in [3.63, 3.8) is 0 Å². The Morgan fingerprint density at radius 1 is 0.439 bits per heavy atom. The smallest absolute Gasteiger partial charge is 0.158 e. The zero-order chi connectivity index (χ0) is 28.6. The fraction of sp³-hybridized carbons (Fsp3) is 0.568. The largest absolute Gasteiger partial charge is 0.479 e. The van der Waals surface area contributed by atoms with Gasteiger partial charge < -0.3 is 18.9 Å². The molecule has 8 rings (SSSR count). The monoisotopic (exact) mass is 552 g/mol. The number of hydrogen-bond acceptors (Lipinski definition) is 4. The van der Waals surface area contributed by atoms with E-state index in [9.17, 15) is 0 Å². The molecule has 4 fully saturated rings. The summed E-state index contributed by atoms with van der Waals surface area (Å²) in [4.78, 5) is 0. The van der Waals surface area contributed by atoms with Crippen LogP contribution < -0.4 is 0 Å². The van der Waals surface area contributed by atoms with Gasteiger partial charge in [0.15, 0.2) is 47.5 Å². The number of ether oxygens (including phenoxy) is 4. The van der Waals surface area contributed by atoms with E-state index in [1.54, 1.807) is 0 Å². The van der Waals surface area contributed by atoms with Crippen LogP contribution in [-0.2, 0) is 18.9 Å². The second-order valence-corrected chi connectivity index (χ2v) is 15.5. The van der Waals surface area contributed by atoms with Crippen LogP contribution in [0, 0.1) is 39.9 Å². The summed E-state index contributed by atoms with van der Waals surface area (Å²) in [6, 6.07) is 0. The maximum atomic E-state index is 6.71. The zero-order valence-corrected chi connectivity index (χ0v) is 25.8. The van der Waals surface area contributed by atoms with Crippen molar-refractivity contribution < 1.29 is 18.9 Å². The van der Waals surface area contributed by atoms with Gasteiger partial charge >= 0.3 is 0 Å². The topological polar surface area (TPSA) is 36.9 Å². The van der Waals surface area contributed by atoms with Gasteiger partial charge in [0.2, 0.25) is 0 Å². The van der Waals surface area contributed by atoms with E-state index in [0.29, 0.717) is 23.7 Å². The normalized spacial score (nSPS) is 43.9. The molecule has 2 saturated carbocycles. The third-order valence-electron chi connectivity index (χ3n) is 11.9. The molecule has 0 aromatic rings. The maximum Gasteiger partial charge on any atom is 0.158 e. The Labute approximate surface area is 245 Å². The van der Waals surface area contributed by atoms with Gasteiger partial charge in [0.25, 0.3) is 0 Å². The predicted octanol–water partition coefficient (Wildman–Crippen LogP) is 8.24. The standard InChI is InChI=1S/C37H44O4/c1-19-9-27-29(11-21(19)3)40-33-15-25-23(13-31(33)38-27)35(5,6)17-37(25)18-36(7,8)24-14-32-34(16-26(24)37)41-30-12-22(4)20(2)10-28(30)39-32/h9-16,23-30H,17-18H2,1-8H3. The highest BCUT2D eigenvalue weighted by atomic mass is 16.6. The molecule has 216 valence electrons. The number of fused-ring (bicyclic) bond motifs is 8. The lowest BCUT2D eigenvalue weighted by Gasteiger charge is -2.44. The summed E-state index contributed by atoms with van der Waals surface area (Å²) in [7, 11) is 0. The van der Waals surface area contributed by atoms with Gasteiger partial charge in [-0.3, -0.25) is 0 Å². The molecule has 8 unspecified atom stereocenters. The maximum absolute atomic E-state index is 6.71. The molecule has 4 nitrogen and oxygen atoms in total. The first-order valence-corrected chi connectivity index (χ1v) is 15.6. The zero-order valence-electron chi connectivity index (χ0n) is 25.8. The number of rotatable bonds is 0. The van der Waals surface area contributed by atoms with E-state index >= 15 is 0 Å². The van der Waals surface area contributed by atoms with Crippen LogP contribution in [-0.4, -0.2) is 24.4 Å². The van der Waals surface area contributed by atoms with Crippen LogP contribution >= 0.6 is 0 Å². The lowest BCUT2D eigenvalue weighted by Crippen LogP contribution is -2.41. The van der Waals surface area contributed by atoms with Crippen molar-refractivity contribution in [2.24, 2.45) is 39.9 Å². The summed E-state index contributed by atoms with van der Waals surface area (Å²) in [5, 5.41) is 0. The molecule has 6 aliphatic carbocycles. The first kappa shape index (κ1) is 25.8. The van der Waals surface area contributed by atoms with E-state index < -0.39 is 0 Å². The Bertz CT molecular complexity index is 1370. The molecule has 0 aromatic carbocycles. The van der Waals surface area contributed by atoms with E-state index in [-0.39, 0.29) is 40.7 Å². The fourth-order valence-corrected chi connectivity index (χ4v) is 9.83. The van der Waals surface area contributed by atoms with Crippen molar-refractivity contribution in [3.8, 4) is 0 Å². The van der Waals surface area contributed by atoms with Gasteiger partial charge in [0.1, 0.15) is 0 Å². The van der Waals surface area contributed by atoms with E-state index in [2.05, 4.69) is 104 Å². The molecule has 4 heteroatoms. The molecule has 2 aliphatic heterocycles. The van der Waals surface area contributed by atoms with Crippen LogP contribution in [0.4, 0.5) is 0 Å². The molecule has 8 atom stereocenters. The van der Waals surface area contributed by atoms with Gasteiger partial charge in [-0.2, -0.15) is 0 Å². The summed E-state index contributed by atoms with van der Waals surface area (Å²) < 4.78 is 26.7. The summed E-state index contributed by atoms with van der Waals surface area (Å²) >= 11 is 0. The Hall–Kier alpha value is -2.88. The molecule has 41 heavy (non-hydrogen) atoms. The average Bonchev–Trinajstić information content (AvgIpc) is 3.24. The third kappa shape index (κ3) is 3.58. The highest BCUT2D eigenvalue weighted by Gasteiger charge is 2.67. The quantitative estimate of drug-likeness (QED) is 0.303. The van der Waals surface area contributed by atoms with Crippen LogP contribution in [0.25, 0.3) is 0 Å². The summed E-state index contributed by atoms with van der Waals surface area (Å²) in [5.74, 6) is 5.30. The van der Waals surface area contributed by atoms with Crippen LogP contribution in [0.1, 0.15) is 68.2 Å². The van der Waals surface area contributed by atoms with Gasteiger partial charge in [-0.15, -0.1) is 0 Å². The minimum absolute atomic E-state index is 0.0538. The second kappa shape index (κ2) is 8.14. The van der Waals surface area contributed by atoms with Gasteiger partial charge in [-0.1, -0.05) is 27.7 Å². The first-order chi connectivity index (χ1) is 19.3. The van der Waals surface area contributed by atoms with Crippen molar-refractivity contribution >= 4 is 0 Å². The van der Waals surface area contributed by atoms with Crippen LogP contribution in [0.3, 0.4) is 0 Å². The number of hydrogen-bond donors (Lipinski definition) is 0. The van der Waals surface area contributed by atoms with Crippen LogP contribution in [0.2, 0.25) is 0 Å². The van der Waals surface area contributed by atoms with Crippen molar-refractivity contribution in [3.05, 3.63) is 93.9 Å². The SMILES string of the molecule is CC1=CC2OC3=CC4C(C=C3OC2C=C1C)C1(CC4(C)C)CC(C)(C)C2C=C3OC4C=C(C)C(C)=CC4OC3=CC21. The Kier molecular flexibility index (Phi) is 5.12. The molecule has 1 spiro atoms. The molecule has 8 aliphatic rings. The third-order valence-corrected chi connectivity index (χ3v) is 11.9. The minimum Gasteiger partial charge on any atom is -0.479 e. The van der Waals surface area contributed by atoms with Gasteiger partial charge in [0, 0.05) is 0 Å². The van der Waals surface area contributed by atoms with Gasteiger partial charge in [-0.25, -0.2) is 0 Å². The van der Waals surface area contributed by atoms with Crippen molar-refractivity contribution in [1.82, 2.24) is 0 Å². The van der Waals surface area contributed by atoms with Crippen LogP contribution in [0.5, 0.6) is 0 Å². The molecular formula is C37H44O4. The Balaban J connectivity index is 1.18. The fourth-order valence-electron chi connectivity index (χ4n) is 9.83. The first-order valence-electron chi connectivity index (χ1n) is 15.6. The number of allylic oxidation sites excluding steroid dienone is 8. The van der Waals surface area contributed by atoms with Gasteiger partial charge in [0.05, 0.1) is 0 Å². The van der Waals surface area contributed by atoms with E-state index in [1.807, 2.05) is 0 Å². The molecule has 0 N–H and O–H groups in total. The minimum atomic E-state index is -0.0653. The van der Waals surface area contributed by atoms with E-state index in [1.165, 1.54) is 35.1 Å².